The standard InChI is InChI=1S/C30H43N5S/c1-6-35(22-12-16-28-17-19-29(36-5)20-18-28)30(32-4)24-34(23-26(2)33-25-31-3)21-11-10-15-27-13-8-7-9-14-27/h6-9,13-14,17-20,25H,1-2,10-12,15-16,21-24H2,3-5H3,(H,31,33). The van der Waals surface area contributed by atoms with Gasteiger partial charge in [-0.2, -0.15) is 0 Å². The first kappa shape index (κ1) is 29.4. The van der Waals surface area contributed by atoms with Crippen molar-refractivity contribution in [1.29, 1.82) is 0 Å². The highest BCUT2D eigenvalue weighted by atomic mass is 32.2. The second-order valence-corrected chi connectivity index (χ2v) is 9.64. The predicted molar refractivity (Wildman–Crippen MR) is 159 cm³/mol. The number of unbranched alkanes of at least 4 members (excludes halogenated alkanes) is 1. The van der Waals surface area contributed by atoms with Crippen LogP contribution in [0.3, 0.4) is 0 Å². The highest BCUT2D eigenvalue weighted by Crippen LogP contribution is 2.16. The van der Waals surface area contributed by atoms with Crippen LogP contribution >= 0.6 is 11.8 Å². The van der Waals surface area contributed by atoms with Crippen molar-refractivity contribution in [3.63, 3.8) is 0 Å². The summed E-state index contributed by atoms with van der Waals surface area (Å²) in [5.74, 6) is 1.03. The zero-order valence-electron chi connectivity index (χ0n) is 22.3. The van der Waals surface area contributed by atoms with Crippen LogP contribution in [-0.2, 0) is 12.8 Å². The summed E-state index contributed by atoms with van der Waals surface area (Å²) in [7, 11) is 3.62. The fourth-order valence-electron chi connectivity index (χ4n) is 4.06. The van der Waals surface area contributed by atoms with Crippen LogP contribution in [0.5, 0.6) is 0 Å². The first-order valence-electron chi connectivity index (χ1n) is 12.7. The Balaban J connectivity index is 1.93. The van der Waals surface area contributed by atoms with E-state index in [4.69, 9.17) is 0 Å². The van der Waals surface area contributed by atoms with Gasteiger partial charge in [-0.05, 0) is 74.4 Å². The van der Waals surface area contributed by atoms with Gasteiger partial charge in [-0.1, -0.05) is 55.6 Å². The number of thioether (sulfide) groups is 1. The summed E-state index contributed by atoms with van der Waals surface area (Å²) < 4.78 is 0. The number of benzene rings is 2. The van der Waals surface area contributed by atoms with Crippen LogP contribution in [-0.4, -0.2) is 68.5 Å². The first-order chi connectivity index (χ1) is 17.6. The molecule has 0 bridgehead atoms. The van der Waals surface area contributed by atoms with Crippen molar-refractivity contribution in [3.8, 4) is 0 Å². The fraction of sp³-hybridized carbons (Fsp3) is 0.400. The lowest BCUT2D eigenvalue weighted by Crippen LogP contribution is -2.41. The molecule has 0 aliphatic rings. The number of aliphatic imine (C=N–C) groups is 2. The minimum Gasteiger partial charge on any atom is -0.350 e. The van der Waals surface area contributed by atoms with E-state index in [1.807, 2.05) is 13.2 Å². The minimum absolute atomic E-state index is 0.739. The number of rotatable bonds is 17. The molecule has 0 unspecified atom stereocenters. The van der Waals surface area contributed by atoms with Gasteiger partial charge in [0.15, 0.2) is 0 Å². The smallest absolute Gasteiger partial charge is 0.117 e. The van der Waals surface area contributed by atoms with Gasteiger partial charge in [0.2, 0.25) is 0 Å². The molecule has 0 aromatic heterocycles. The maximum absolute atomic E-state index is 4.64. The number of hydrogen-bond donors (Lipinski definition) is 1. The Labute approximate surface area is 223 Å². The van der Waals surface area contributed by atoms with Gasteiger partial charge >= 0.3 is 0 Å². The molecule has 0 saturated carbocycles. The SMILES string of the molecule is C=CN(CCCc1ccc(SC)cc1)C(CN(CCCCc1ccccc1)CC(=C)NC=NC)=NC. The third kappa shape index (κ3) is 11.3. The molecule has 0 heterocycles. The third-order valence-corrected chi connectivity index (χ3v) is 6.79. The predicted octanol–water partition coefficient (Wildman–Crippen LogP) is 5.90. The van der Waals surface area contributed by atoms with Crippen molar-refractivity contribution in [1.82, 2.24) is 15.1 Å². The molecule has 0 spiro atoms. The largest absolute Gasteiger partial charge is 0.350 e. The van der Waals surface area contributed by atoms with Crippen molar-refractivity contribution in [3.05, 3.63) is 90.8 Å². The Morgan fingerprint density at radius 3 is 2.25 bits per heavy atom. The number of nitrogens with one attached hydrogen (secondary N) is 1. The Hall–Kier alpha value is -2.83. The molecule has 36 heavy (non-hydrogen) atoms. The summed E-state index contributed by atoms with van der Waals surface area (Å²) in [4.78, 5) is 14.6. The van der Waals surface area contributed by atoms with Crippen LogP contribution < -0.4 is 5.32 Å². The molecule has 0 aliphatic heterocycles. The lowest BCUT2D eigenvalue weighted by atomic mass is 10.1. The number of hydrogen-bond acceptors (Lipinski definition) is 4. The lowest BCUT2D eigenvalue weighted by molar-refractivity contribution is 0.315. The fourth-order valence-corrected chi connectivity index (χ4v) is 4.46. The minimum atomic E-state index is 0.739. The lowest BCUT2D eigenvalue weighted by Gasteiger charge is -2.29. The van der Waals surface area contributed by atoms with Gasteiger partial charge in [-0.15, -0.1) is 11.8 Å². The Kier molecular flexibility index (Phi) is 14.4. The summed E-state index contributed by atoms with van der Waals surface area (Å²) in [6.45, 7) is 11.6. The van der Waals surface area contributed by atoms with E-state index in [0.29, 0.717) is 0 Å². The molecular weight excluding hydrogens is 462 g/mol. The van der Waals surface area contributed by atoms with Gasteiger partial charge in [-0.3, -0.25) is 14.9 Å². The third-order valence-electron chi connectivity index (χ3n) is 6.04. The molecule has 1 N–H and O–H groups in total. The van der Waals surface area contributed by atoms with Crippen LogP contribution in [0.15, 0.2) is 94.5 Å². The molecule has 0 aliphatic carbocycles. The van der Waals surface area contributed by atoms with Gasteiger partial charge < -0.3 is 10.2 Å². The summed E-state index contributed by atoms with van der Waals surface area (Å²) in [6.07, 6.45) is 11.1. The molecule has 2 aromatic carbocycles. The summed E-state index contributed by atoms with van der Waals surface area (Å²) >= 11 is 1.78. The quantitative estimate of drug-likeness (QED) is 0.126. The molecule has 0 amide bonds. The first-order valence-corrected chi connectivity index (χ1v) is 13.9. The van der Waals surface area contributed by atoms with Gasteiger partial charge in [-0.25, -0.2) is 0 Å². The van der Waals surface area contributed by atoms with Gasteiger partial charge in [0.1, 0.15) is 5.84 Å². The number of nitrogens with zero attached hydrogens (tertiary/aromatic N) is 4. The second kappa shape index (κ2) is 17.6. The van der Waals surface area contributed by atoms with E-state index in [1.165, 1.54) is 16.0 Å². The van der Waals surface area contributed by atoms with E-state index in [0.717, 1.165) is 69.8 Å². The van der Waals surface area contributed by atoms with Crippen LogP contribution in [0.4, 0.5) is 0 Å². The molecule has 0 saturated heterocycles. The molecule has 194 valence electrons. The van der Waals surface area contributed by atoms with E-state index in [1.54, 1.807) is 25.1 Å². The average molecular weight is 506 g/mol. The summed E-state index contributed by atoms with van der Waals surface area (Å²) in [6, 6.07) is 19.6. The van der Waals surface area contributed by atoms with E-state index in [-0.39, 0.29) is 0 Å². The maximum Gasteiger partial charge on any atom is 0.117 e. The zero-order chi connectivity index (χ0) is 26.0. The molecule has 0 radical (unpaired) electrons. The van der Waals surface area contributed by atoms with Crippen LogP contribution in [0, 0.1) is 0 Å². The topological polar surface area (TPSA) is 43.2 Å². The van der Waals surface area contributed by atoms with Gasteiger partial charge in [0.05, 0.1) is 12.9 Å². The van der Waals surface area contributed by atoms with Gasteiger partial charge in [0.25, 0.3) is 0 Å². The average Bonchev–Trinajstić information content (AvgIpc) is 2.92. The number of amidine groups is 1. The molecule has 5 nitrogen and oxygen atoms in total. The van der Waals surface area contributed by atoms with E-state index < -0.39 is 0 Å². The Bertz CT molecular complexity index is 953. The molecule has 0 atom stereocenters. The normalized spacial score (nSPS) is 11.7. The van der Waals surface area contributed by atoms with Crippen LogP contribution in [0.25, 0.3) is 0 Å². The van der Waals surface area contributed by atoms with Crippen LogP contribution in [0.2, 0.25) is 0 Å². The van der Waals surface area contributed by atoms with E-state index >= 15 is 0 Å². The second-order valence-electron chi connectivity index (χ2n) is 8.76. The van der Waals surface area contributed by atoms with Crippen molar-refractivity contribution in [2.75, 3.05) is 46.5 Å². The molecule has 6 heteroatoms. The Morgan fingerprint density at radius 1 is 0.917 bits per heavy atom. The number of aryl methyl sites for hydroxylation is 2. The van der Waals surface area contributed by atoms with Crippen molar-refractivity contribution < 1.29 is 0 Å². The van der Waals surface area contributed by atoms with E-state index in [2.05, 4.69) is 99.1 Å². The Morgan fingerprint density at radius 2 is 1.61 bits per heavy atom. The van der Waals surface area contributed by atoms with Crippen molar-refractivity contribution in [2.45, 2.75) is 37.0 Å². The van der Waals surface area contributed by atoms with Gasteiger partial charge in [0, 0.05) is 37.8 Å². The highest BCUT2D eigenvalue weighted by Gasteiger charge is 2.14. The zero-order valence-corrected chi connectivity index (χ0v) is 23.1. The van der Waals surface area contributed by atoms with Crippen molar-refractivity contribution >= 4 is 23.9 Å². The summed E-state index contributed by atoms with van der Waals surface area (Å²) in [5, 5.41) is 3.17. The highest BCUT2D eigenvalue weighted by molar-refractivity contribution is 7.98. The molecule has 2 rings (SSSR count). The van der Waals surface area contributed by atoms with E-state index in [9.17, 15) is 0 Å². The monoisotopic (exact) mass is 505 g/mol. The molecule has 2 aromatic rings. The maximum atomic E-state index is 4.64. The molecular formula is C30H43N5S. The molecule has 0 fully saturated rings. The van der Waals surface area contributed by atoms with Crippen LogP contribution in [0.1, 0.15) is 30.4 Å². The van der Waals surface area contributed by atoms with Crippen molar-refractivity contribution in [2.24, 2.45) is 9.98 Å². The summed E-state index contributed by atoms with van der Waals surface area (Å²) in [5.41, 5.74) is 3.69.